The standard InChI is InChI=1S/C12H14N4O3/c1-12(2,3)19-11(18)13-10(17)16-9-7-5-4-6-8(9)14-15-16/h4-7H,1-3H3,(H,13,17,18). The molecule has 2 rings (SSSR count). The van der Waals surface area contributed by atoms with Gasteiger partial charge in [0, 0.05) is 0 Å². The highest BCUT2D eigenvalue weighted by molar-refractivity contribution is 5.95. The average molecular weight is 262 g/mol. The maximum absolute atomic E-state index is 11.9. The first-order valence-electron chi connectivity index (χ1n) is 5.71. The van der Waals surface area contributed by atoms with Crippen molar-refractivity contribution in [1.29, 1.82) is 0 Å². The molecule has 1 aromatic carbocycles. The van der Waals surface area contributed by atoms with Gasteiger partial charge in [-0.3, -0.25) is 0 Å². The van der Waals surface area contributed by atoms with Crippen LogP contribution in [0.15, 0.2) is 24.3 Å². The molecular formula is C12H14N4O3. The molecular weight excluding hydrogens is 248 g/mol. The van der Waals surface area contributed by atoms with Crippen molar-refractivity contribution in [2.45, 2.75) is 26.4 Å². The molecule has 0 aliphatic carbocycles. The van der Waals surface area contributed by atoms with Crippen LogP contribution in [-0.2, 0) is 4.74 Å². The van der Waals surface area contributed by atoms with E-state index < -0.39 is 17.7 Å². The third kappa shape index (κ3) is 3.06. The Hall–Kier alpha value is -2.44. The van der Waals surface area contributed by atoms with Crippen molar-refractivity contribution in [3.05, 3.63) is 24.3 Å². The Kier molecular flexibility index (Phi) is 3.20. The van der Waals surface area contributed by atoms with Gasteiger partial charge in [0.1, 0.15) is 11.1 Å². The lowest BCUT2D eigenvalue weighted by Gasteiger charge is -2.19. The lowest BCUT2D eigenvalue weighted by Crippen LogP contribution is -2.38. The second kappa shape index (κ2) is 4.68. The molecule has 0 aliphatic rings. The Morgan fingerprint density at radius 1 is 1.26 bits per heavy atom. The second-order valence-electron chi connectivity index (χ2n) is 4.92. The number of amides is 2. The molecule has 7 heteroatoms. The van der Waals surface area contributed by atoms with E-state index >= 15 is 0 Å². The van der Waals surface area contributed by atoms with Gasteiger partial charge in [-0.2, -0.15) is 4.68 Å². The fraction of sp³-hybridized carbons (Fsp3) is 0.333. The highest BCUT2D eigenvalue weighted by Crippen LogP contribution is 2.10. The molecule has 0 saturated carbocycles. The molecule has 0 fully saturated rings. The van der Waals surface area contributed by atoms with E-state index in [1.807, 2.05) is 0 Å². The van der Waals surface area contributed by atoms with E-state index in [9.17, 15) is 9.59 Å². The van der Waals surface area contributed by atoms with Gasteiger partial charge in [-0.05, 0) is 32.9 Å². The Bertz CT molecular complexity index is 627. The fourth-order valence-corrected chi connectivity index (χ4v) is 1.46. The molecule has 0 saturated heterocycles. The van der Waals surface area contributed by atoms with E-state index in [-0.39, 0.29) is 0 Å². The van der Waals surface area contributed by atoms with Crippen LogP contribution in [0.1, 0.15) is 20.8 Å². The van der Waals surface area contributed by atoms with Crippen molar-refractivity contribution in [2.75, 3.05) is 0 Å². The Balaban J connectivity index is 2.14. The zero-order valence-electron chi connectivity index (χ0n) is 10.9. The smallest absolute Gasteiger partial charge is 0.415 e. The predicted molar refractivity (Wildman–Crippen MR) is 67.7 cm³/mol. The molecule has 0 bridgehead atoms. The van der Waals surface area contributed by atoms with Crippen molar-refractivity contribution in [3.63, 3.8) is 0 Å². The third-order valence-corrected chi connectivity index (χ3v) is 2.15. The number of alkyl carbamates (subject to hydrolysis) is 1. The summed E-state index contributed by atoms with van der Waals surface area (Å²) in [5, 5.41) is 9.60. The predicted octanol–water partition coefficient (Wildman–Crippen LogP) is 1.92. The zero-order valence-corrected chi connectivity index (χ0v) is 10.9. The van der Waals surface area contributed by atoms with Gasteiger partial charge in [-0.25, -0.2) is 14.9 Å². The summed E-state index contributed by atoms with van der Waals surface area (Å²) in [6, 6.07) is 6.24. The number of rotatable bonds is 0. The van der Waals surface area contributed by atoms with Crippen LogP contribution in [0.4, 0.5) is 9.59 Å². The van der Waals surface area contributed by atoms with Crippen molar-refractivity contribution in [1.82, 2.24) is 20.3 Å². The summed E-state index contributed by atoms with van der Waals surface area (Å²) in [7, 11) is 0. The van der Waals surface area contributed by atoms with E-state index in [1.54, 1.807) is 45.0 Å². The molecule has 100 valence electrons. The van der Waals surface area contributed by atoms with E-state index in [1.165, 1.54) is 0 Å². The molecule has 2 aromatic rings. The number of aromatic nitrogens is 3. The largest absolute Gasteiger partial charge is 0.443 e. The average Bonchev–Trinajstić information content (AvgIpc) is 2.69. The molecule has 0 atom stereocenters. The van der Waals surface area contributed by atoms with Gasteiger partial charge in [-0.1, -0.05) is 17.3 Å². The number of hydrogen-bond acceptors (Lipinski definition) is 5. The number of fused-ring (bicyclic) bond motifs is 1. The van der Waals surface area contributed by atoms with Crippen molar-refractivity contribution in [3.8, 4) is 0 Å². The van der Waals surface area contributed by atoms with Crippen LogP contribution in [0.25, 0.3) is 11.0 Å². The summed E-state index contributed by atoms with van der Waals surface area (Å²) in [6.45, 7) is 5.13. The lowest BCUT2D eigenvalue weighted by atomic mass is 10.2. The third-order valence-electron chi connectivity index (χ3n) is 2.15. The minimum absolute atomic E-state index is 0.517. The zero-order chi connectivity index (χ0) is 14.0. The molecule has 7 nitrogen and oxygen atoms in total. The topological polar surface area (TPSA) is 86.1 Å². The maximum atomic E-state index is 11.9. The Labute approximate surface area is 109 Å². The first-order valence-corrected chi connectivity index (χ1v) is 5.71. The van der Waals surface area contributed by atoms with Gasteiger partial charge in [0.15, 0.2) is 0 Å². The Morgan fingerprint density at radius 3 is 2.63 bits per heavy atom. The van der Waals surface area contributed by atoms with Crippen LogP contribution < -0.4 is 5.32 Å². The SMILES string of the molecule is CC(C)(C)OC(=O)NC(=O)n1nnc2ccccc21. The van der Waals surface area contributed by atoms with Crippen LogP contribution >= 0.6 is 0 Å². The highest BCUT2D eigenvalue weighted by atomic mass is 16.6. The minimum Gasteiger partial charge on any atom is -0.443 e. The van der Waals surface area contributed by atoms with Crippen LogP contribution in [0, 0.1) is 0 Å². The van der Waals surface area contributed by atoms with Crippen molar-refractivity contribution >= 4 is 23.2 Å². The van der Waals surface area contributed by atoms with Gasteiger partial charge < -0.3 is 4.74 Å². The van der Waals surface area contributed by atoms with Crippen LogP contribution in [0.3, 0.4) is 0 Å². The van der Waals surface area contributed by atoms with Gasteiger partial charge >= 0.3 is 12.1 Å². The summed E-state index contributed by atoms with van der Waals surface area (Å²) in [4.78, 5) is 23.3. The molecule has 1 aromatic heterocycles. The quantitative estimate of drug-likeness (QED) is 0.783. The fourth-order valence-electron chi connectivity index (χ4n) is 1.46. The van der Waals surface area contributed by atoms with Crippen LogP contribution in [0.2, 0.25) is 0 Å². The summed E-state index contributed by atoms with van der Waals surface area (Å²) in [5.41, 5.74) is 0.417. The number of ether oxygens (including phenoxy) is 1. The normalized spacial score (nSPS) is 11.3. The number of nitrogens with zero attached hydrogens (tertiary/aromatic N) is 3. The van der Waals surface area contributed by atoms with E-state index in [2.05, 4.69) is 15.6 Å². The summed E-state index contributed by atoms with van der Waals surface area (Å²) in [5.74, 6) is 0. The van der Waals surface area contributed by atoms with Crippen molar-refractivity contribution < 1.29 is 14.3 Å². The summed E-state index contributed by atoms with van der Waals surface area (Å²) >= 11 is 0. The maximum Gasteiger partial charge on any atom is 0.415 e. The van der Waals surface area contributed by atoms with E-state index in [0.717, 1.165) is 4.68 Å². The molecule has 2 amide bonds. The number of imide groups is 1. The molecule has 19 heavy (non-hydrogen) atoms. The highest BCUT2D eigenvalue weighted by Gasteiger charge is 2.20. The van der Waals surface area contributed by atoms with E-state index in [0.29, 0.717) is 11.0 Å². The molecule has 1 N–H and O–H groups in total. The molecule has 0 aliphatic heterocycles. The second-order valence-corrected chi connectivity index (χ2v) is 4.92. The monoisotopic (exact) mass is 262 g/mol. The number of carbonyl (C=O) groups excluding carboxylic acids is 2. The summed E-state index contributed by atoms with van der Waals surface area (Å²) < 4.78 is 6.00. The number of para-hydroxylation sites is 1. The number of benzene rings is 1. The first-order chi connectivity index (χ1) is 8.87. The molecule has 1 heterocycles. The van der Waals surface area contributed by atoms with E-state index in [4.69, 9.17) is 4.74 Å². The minimum atomic E-state index is -0.822. The first kappa shape index (κ1) is 13.0. The number of carbonyl (C=O) groups is 2. The molecule has 0 spiro atoms. The van der Waals surface area contributed by atoms with Crippen molar-refractivity contribution in [2.24, 2.45) is 0 Å². The Morgan fingerprint density at radius 2 is 1.95 bits per heavy atom. The van der Waals surface area contributed by atoms with Gasteiger partial charge in [0.2, 0.25) is 0 Å². The van der Waals surface area contributed by atoms with Crippen LogP contribution in [0.5, 0.6) is 0 Å². The number of nitrogens with one attached hydrogen (secondary N) is 1. The van der Waals surface area contributed by atoms with Gasteiger partial charge in [-0.15, -0.1) is 5.10 Å². The molecule has 0 radical (unpaired) electrons. The number of hydrogen-bond donors (Lipinski definition) is 1. The lowest BCUT2D eigenvalue weighted by molar-refractivity contribution is 0.0547. The van der Waals surface area contributed by atoms with Gasteiger partial charge in [0.25, 0.3) is 0 Å². The summed E-state index contributed by atoms with van der Waals surface area (Å²) in [6.07, 6.45) is -0.822. The van der Waals surface area contributed by atoms with Gasteiger partial charge in [0.05, 0.1) is 5.52 Å². The van der Waals surface area contributed by atoms with Crippen LogP contribution in [-0.4, -0.2) is 32.7 Å². The molecule has 0 unspecified atom stereocenters.